The van der Waals surface area contributed by atoms with Gasteiger partial charge in [-0.1, -0.05) is 20.3 Å². The predicted molar refractivity (Wildman–Crippen MR) is 35.9 cm³/mol. The zero-order valence-electron chi connectivity index (χ0n) is 5.66. The number of hydrogen-bond donors (Lipinski definition) is 1. The molecule has 0 saturated heterocycles. The Morgan fingerprint density at radius 1 is 1.56 bits per heavy atom. The third kappa shape index (κ3) is 5.79. The van der Waals surface area contributed by atoms with E-state index in [-0.39, 0.29) is 11.7 Å². The molecule has 0 aromatic carbocycles. The summed E-state index contributed by atoms with van der Waals surface area (Å²) < 4.78 is 28.6. The highest BCUT2D eigenvalue weighted by Crippen LogP contribution is 2.02. The first-order chi connectivity index (χ1) is 3.95. The van der Waals surface area contributed by atoms with Gasteiger partial charge in [-0.15, -0.1) is 0 Å². The molecule has 0 radical (unpaired) electrons. The van der Waals surface area contributed by atoms with Gasteiger partial charge in [0.05, 0.1) is 5.75 Å². The van der Waals surface area contributed by atoms with Crippen molar-refractivity contribution in [1.82, 2.24) is 0 Å². The Kier molecular flexibility index (Phi) is 3.14. The molecule has 0 aromatic rings. The third-order valence-electron chi connectivity index (χ3n) is 1.19. The summed E-state index contributed by atoms with van der Waals surface area (Å²) >= 11 is 0. The van der Waals surface area contributed by atoms with E-state index < -0.39 is 10.1 Å². The van der Waals surface area contributed by atoms with E-state index >= 15 is 0 Å². The summed E-state index contributed by atoms with van der Waals surface area (Å²) in [6, 6.07) is 0. The summed E-state index contributed by atoms with van der Waals surface area (Å²) in [4.78, 5) is 0. The molecule has 0 saturated carbocycles. The first kappa shape index (κ1) is 8.91. The molecule has 4 heteroatoms. The Labute approximate surface area is 55.8 Å². The van der Waals surface area contributed by atoms with E-state index in [1.165, 1.54) is 0 Å². The van der Waals surface area contributed by atoms with Gasteiger partial charge in [0.25, 0.3) is 10.1 Å². The molecule has 0 heterocycles. The van der Waals surface area contributed by atoms with Crippen molar-refractivity contribution in [2.45, 2.75) is 20.3 Å². The van der Waals surface area contributed by atoms with E-state index in [1.807, 2.05) is 6.92 Å². The summed E-state index contributed by atoms with van der Waals surface area (Å²) in [5, 5.41) is 0. The van der Waals surface area contributed by atoms with E-state index in [0.29, 0.717) is 0 Å². The maximum absolute atomic E-state index is 10.2. The molecule has 0 fully saturated rings. The van der Waals surface area contributed by atoms with E-state index in [0.717, 1.165) is 6.42 Å². The van der Waals surface area contributed by atoms with Gasteiger partial charge in [-0.3, -0.25) is 4.55 Å². The fourth-order valence-electron chi connectivity index (χ4n) is 0.477. The molecule has 0 aliphatic rings. The van der Waals surface area contributed by atoms with Crippen molar-refractivity contribution in [2.24, 2.45) is 5.92 Å². The van der Waals surface area contributed by atoms with Crippen LogP contribution in [0.15, 0.2) is 0 Å². The molecule has 0 bridgehead atoms. The summed E-state index contributed by atoms with van der Waals surface area (Å²) in [5.41, 5.74) is 0. The molecule has 0 rings (SSSR count). The van der Waals surface area contributed by atoms with Crippen LogP contribution in [0.25, 0.3) is 0 Å². The first-order valence-corrected chi connectivity index (χ1v) is 4.51. The standard InChI is InChI=1S/C5H12O3S/c1-3-5(2)4-9(6,7)8/h5H,3-4H2,1-2H3,(H,6,7,8)/t5-/m0/s1. The molecule has 56 valence electrons. The van der Waals surface area contributed by atoms with Crippen molar-refractivity contribution < 1.29 is 13.0 Å². The zero-order chi connectivity index (χ0) is 7.49. The third-order valence-corrected chi connectivity index (χ3v) is 2.18. The quantitative estimate of drug-likeness (QED) is 0.612. The van der Waals surface area contributed by atoms with Crippen LogP contribution in [0.1, 0.15) is 20.3 Å². The number of hydrogen-bond acceptors (Lipinski definition) is 2. The van der Waals surface area contributed by atoms with Gasteiger partial charge in [0.2, 0.25) is 0 Å². The van der Waals surface area contributed by atoms with Crippen LogP contribution in [0.4, 0.5) is 0 Å². The highest BCUT2D eigenvalue weighted by atomic mass is 32.2. The average molecular weight is 152 g/mol. The van der Waals surface area contributed by atoms with Gasteiger partial charge in [-0.25, -0.2) is 0 Å². The first-order valence-electron chi connectivity index (χ1n) is 2.91. The minimum absolute atomic E-state index is 0.0556. The van der Waals surface area contributed by atoms with E-state index in [1.54, 1.807) is 6.92 Å². The molecule has 0 amide bonds. The molecule has 0 aromatic heterocycles. The molecule has 0 unspecified atom stereocenters. The number of rotatable bonds is 3. The predicted octanol–water partition coefficient (Wildman–Crippen LogP) is 0.920. The van der Waals surface area contributed by atoms with E-state index in [9.17, 15) is 8.42 Å². The van der Waals surface area contributed by atoms with Gasteiger partial charge in [0, 0.05) is 0 Å². The molecule has 0 aliphatic heterocycles. The summed E-state index contributed by atoms with van der Waals surface area (Å²) in [6.07, 6.45) is 0.778. The fourth-order valence-corrected chi connectivity index (χ4v) is 1.43. The minimum Gasteiger partial charge on any atom is -0.286 e. The molecule has 1 atom stereocenters. The highest BCUT2D eigenvalue weighted by Gasteiger charge is 2.09. The molecule has 0 spiro atoms. The van der Waals surface area contributed by atoms with Gasteiger partial charge in [-0.05, 0) is 5.92 Å². The second kappa shape index (κ2) is 3.17. The van der Waals surface area contributed by atoms with Crippen LogP contribution in [0.2, 0.25) is 0 Å². The van der Waals surface area contributed by atoms with Crippen LogP contribution in [-0.4, -0.2) is 18.7 Å². The Morgan fingerprint density at radius 2 is 2.00 bits per heavy atom. The van der Waals surface area contributed by atoms with Gasteiger partial charge in [0.1, 0.15) is 0 Å². The van der Waals surface area contributed by atoms with Crippen LogP contribution in [0.5, 0.6) is 0 Å². The molecule has 0 aliphatic carbocycles. The smallest absolute Gasteiger partial charge is 0.265 e. The topological polar surface area (TPSA) is 54.4 Å². The summed E-state index contributed by atoms with van der Waals surface area (Å²) in [5.74, 6) is -0.0660. The lowest BCUT2D eigenvalue weighted by molar-refractivity contribution is 0.467. The largest absolute Gasteiger partial charge is 0.286 e. The monoisotopic (exact) mass is 152 g/mol. The highest BCUT2D eigenvalue weighted by molar-refractivity contribution is 7.85. The van der Waals surface area contributed by atoms with Crippen molar-refractivity contribution in [3.8, 4) is 0 Å². The van der Waals surface area contributed by atoms with Crippen LogP contribution in [0, 0.1) is 5.92 Å². The molecular formula is C5H12O3S. The van der Waals surface area contributed by atoms with Gasteiger partial charge < -0.3 is 0 Å². The maximum atomic E-state index is 10.2. The summed E-state index contributed by atoms with van der Waals surface area (Å²) in [6.45, 7) is 3.67. The second-order valence-electron chi connectivity index (χ2n) is 2.26. The Hall–Kier alpha value is -0.0900. The lowest BCUT2D eigenvalue weighted by Crippen LogP contribution is -2.11. The SMILES string of the molecule is CC[C@H](C)CS(=O)(=O)O. The lowest BCUT2D eigenvalue weighted by atomic mass is 10.2. The molecular weight excluding hydrogens is 140 g/mol. The lowest BCUT2D eigenvalue weighted by Gasteiger charge is -2.02. The normalized spacial score (nSPS) is 15.4. The molecule has 1 N–H and O–H groups in total. The van der Waals surface area contributed by atoms with Crippen molar-refractivity contribution in [3.63, 3.8) is 0 Å². The Morgan fingerprint density at radius 3 is 2.11 bits per heavy atom. The van der Waals surface area contributed by atoms with Gasteiger partial charge in [-0.2, -0.15) is 8.42 Å². The van der Waals surface area contributed by atoms with Crippen molar-refractivity contribution in [1.29, 1.82) is 0 Å². The fraction of sp³-hybridized carbons (Fsp3) is 1.00. The van der Waals surface area contributed by atoms with Crippen LogP contribution in [0.3, 0.4) is 0 Å². The second-order valence-corrected chi connectivity index (χ2v) is 3.76. The average Bonchev–Trinajstić information content (AvgIpc) is 1.62. The Balaban J connectivity index is 3.75. The molecule has 3 nitrogen and oxygen atoms in total. The Bertz CT molecular complexity index is 159. The van der Waals surface area contributed by atoms with Crippen molar-refractivity contribution in [2.75, 3.05) is 5.75 Å². The van der Waals surface area contributed by atoms with Gasteiger partial charge >= 0.3 is 0 Å². The van der Waals surface area contributed by atoms with Crippen LogP contribution in [-0.2, 0) is 10.1 Å². The van der Waals surface area contributed by atoms with Crippen LogP contribution >= 0.6 is 0 Å². The van der Waals surface area contributed by atoms with E-state index in [2.05, 4.69) is 0 Å². The van der Waals surface area contributed by atoms with Crippen LogP contribution < -0.4 is 0 Å². The van der Waals surface area contributed by atoms with E-state index in [4.69, 9.17) is 4.55 Å². The van der Waals surface area contributed by atoms with Crippen molar-refractivity contribution in [3.05, 3.63) is 0 Å². The van der Waals surface area contributed by atoms with Crippen molar-refractivity contribution >= 4 is 10.1 Å². The maximum Gasteiger partial charge on any atom is 0.265 e. The minimum atomic E-state index is -3.74. The zero-order valence-corrected chi connectivity index (χ0v) is 6.48. The summed E-state index contributed by atoms with van der Waals surface area (Å²) in [7, 11) is -3.74. The molecule has 9 heavy (non-hydrogen) atoms. The van der Waals surface area contributed by atoms with Gasteiger partial charge in [0.15, 0.2) is 0 Å².